The van der Waals surface area contributed by atoms with Gasteiger partial charge in [0.15, 0.2) is 0 Å². The summed E-state index contributed by atoms with van der Waals surface area (Å²) in [5, 5.41) is 16.8. The summed E-state index contributed by atoms with van der Waals surface area (Å²) < 4.78 is 7.04. The van der Waals surface area contributed by atoms with Gasteiger partial charge in [-0.15, -0.1) is 5.10 Å². The summed E-state index contributed by atoms with van der Waals surface area (Å²) in [7, 11) is 0. The number of nitrogens with zero attached hydrogens (tertiary/aromatic N) is 3. The highest BCUT2D eigenvalue weighted by atomic mass is 35.5. The average molecular weight is 282 g/mol. The van der Waals surface area contributed by atoms with Crippen molar-refractivity contribution >= 4 is 17.6 Å². The van der Waals surface area contributed by atoms with E-state index in [1.807, 2.05) is 6.07 Å². The van der Waals surface area contributed by atoms with E-state index in [4.69, 9.17) is 21.4 Å². The van der Waals surface area contributed by atoms with Gasteiger partial charge in [-0.25, -0.2) is 4.68 Å². The molecule has 0 unspecified atom stereocenters. The highest BCUT2D eigenvalue weighted by molar-refractivity contribution is 6.30. The normalized spacial score (nSPS) is 10.4. The average Bonchev–Trinajstić information content (AvgIpc) is 2.76. The minimum atomic E-state index is -0.928. The quantitative estimate of drug-likeness (QED) is 0.871. The maximum Gasteiger partial charge on any atom is 0.309 e. The van der Waals surface area contributed by atoms with Gasteiger partial charge in [-0.05, 0) is 18.2 Å². The molecule has 0 saturated heterocycles. The van der Waals surface area contributed by atoms with Crippen LogP contribution >= 0.6 is 11.6 Å². The van der Waals surface area contributed by atoms with Crippen molar-refractivity contribution < 1.29 is 14.6 Å². The Labute approximate surface area is 114 Å². The smallest absolute Gasteiger partial charge is 0.309 e. The Morgan fingerprint density at radius 2 is 2.32 bits per heavy atom. The lowest BCUT2D eigenvalue weighted by Gasteiger charge is -2.05. The zero-order chi connectivity index (χ0) is 13.7. The third-order valence-electron chi connectivity index (χ3n) is 2.30. The van der Waals surface area contributed by atoms with Crippen LogP contribution < -0.4 is 4.74 Å². The van der Waals surface area contributed by atoms with Gasteiger partial charge < -0.3 is 9.84 Å². The van der Waals surface area contributed by atoms with Crippen LogP contribution in [0.1, 0.15) is 5.69 Å². The molecular weight excluding hydrogens is 270 g/mol. The van der Waals surface area contributed by atoms with Crippen LogP contribution in [0.25, 0.3) is 0 Å². The summed E-state index contributed by atoms with van der Waals surface area (Å²) in [6.07, 6.45) is 1.46. The van der Waals surface area contributed by atoms with E-state index in [0.29, 0.717) is 29.6 Å². The predicted octanol–water partition coefficient (Wildman–Crippen LogP) is 1.64. The van der Waals surface area contributed by atoms with Crippen molar-refractivity contribution in [2.75, 3.05) is 6.61 Å². The fraction of sp³-hybridized carbons (Fsp3) is 0.250. The van der Waals surface area contributed by atoms with Crippen LogP contribution in [-0.2, 0) is 17.8 Å². The van der Waals surface area contributed by atoms with Gasteiger partial charge in [-0.3, -0.25) is 4.79 Å². The molecule has 2 rings (SSSR count). The number of hydrogen-bond donors (Lipinski definition) is 1. The number of benzene rings is 1. The lowest BCUT2D eigenvalue weighted by molar-refractivity contribution is -0.136. The van der Waals surface area contributed by atoms with E-state index in [9.17, 15) is 4.79 Å². The van der Waals surface area contributed by atoms with Crippen LogP contribution in [0.4, 0.5) is 0 Å². The Balaban J connectivity index is 1.82. The first-order valence-electron chi connectivity index (χ1n) is 5.62. The van der Waals surface area contributed by atoms with Gasteiger partial charge in [0, 0.05) is 11.2 Å². The minimum absolute atomic E-state index is 0.130. The van der Waals surface area contributed by atoms with Crippen molar-refractivity contribution in [2.45, 2.75) is 13.0 Å². The molecule has 0 fully saturated rings. The van der Waals surface area contributed by atoms with Crippen LogP contribution in [-0.4, -0.2) is 32.7 Å². The molecule has 6 nitrogen and oxygen atoms in total. The largest absolute Gasteiger partial charge is 0.492 e. The number of carbonyl (C=O) groups is 1. The summed E-state index contributed by atoms with van der Waals surface area (Å²) >= 11 is 5.83. The summed E-state index contributed by atoms with van der Waals surface area (Å²) in [5.41, 5.74) is 0.426. The molecule has 0 bridgehead atoms. The van der Waals surface area contributed by atoms with Crippen molar-refractivity contribution in [3.63, 3.8) is 0 Å². The van der Waals surface area contributed by atoms with E-state index in [1.165, 1.54) is 0 Å². The van der Waals surface area contributed by atoms with Crippen molar-refractivity contribution in [1.82, 2.24) is 15.0 Å². The van der Waals surface area contributed by atoms with Crippen molar-refractivity contribution in [1.29, 1.82) is 0 Å². The Morgan fingerprint density at radius 3 is 3.05 bits per heavy atom. The van der Waals surface area contributed by atoms with Crippen LogP contribution in [0.2, 0.25) is 5.02 Å². The van der Waals surface area contributed by atoms with E-state index < -0.39 is 5.97 Å². The lowest BCUT2D eigenvalue weighted by atomic mass is 10.3. The highest BCUT2D eigenvalue weighted by Gasteiger charge is 2.05. The van der Waals surface area contributed by atoms with Gasteiger partial charge in [0.05, 0.1) is 18.7 Å². The number of carboxylic acid groups (broad SMARTS) is 1. The fourth-order valence-corrected chi connectivity index (χ4v) is 1.68. The molecule has 0 amide bonds. The molecule has 0 aliphatic carbocycles. The number of aliphatic carboxylic acids is 1. The van der Waals surface area contributed by atoms with Gasteiger partial charge in [-0.2, -0.15) is 0 Å². The molecule has 0 aliphatic heterocycles. The fourth-order valence-electron chi connectivity index (χ4n) is 1.50. The van der Waals surface area contributed by atoms with Gasteiger partial charge in [0.1, 0.15) is 12.4 Å². The van der Waals surface area contributed by atoms with Crippen LogP contribution in [0.15, 0.2) is 30.5 Å². The molecule has 7 heteroatoms. The van der Waals surface area contributed by atoms with Gasteiger partial charge in [0.25, 0.3) is 0 Å². The summed E-state index contributed by atoms with van der Waals surface area (Å²) in [5.74, 6) is -0.249. The Hall–Kier alpha value is -2.08. The molecule has 0 aliphatic rings. The highest BCUT2D eigenvalue weighted by Crippen LogP contribution is 2.16. The van der Waals surface area contributed by atoms with E-state index >= 15 is 0 Å². The monoisotopic (exact) mass is 281 g/mol. The van der Waals surface area contributed by atoms with Crippen molar-refractivity contribution in [2.24, 2.45) is 0 Å². The second-order valence-electron chi connectivity index (χ2n) is 3.85. The Bertz CT molecular complexity index is 571. The summed E-state index contributed by atoms with van der Waals surface area (Å²) in [4.78, 5) is 10.5. The molecule has 0 spiro atoms. The number of halogens is 1. The molecule has 0 saturated carbocycles. The van der Waals surface area contributed by atoms with Gasteiger partial charge >= 0.3 is 5.97 Å². The third-order valence-corrected chi connectivity index (χ3v) is 2.54. The Morgan fingerprint density at radius 1 is 1.47 bits per heavy atom. The number of aromatic nitrogens is 3. The molecular formula is C12H12ClN3O3. The van der Waals surface area contributed by atoms with Crippen molar-refractivity contribution in [3.8, 4) is 5.75 Å². The SMILES string of the molecule is O=C(O)Cc1cn(CCOc2cccc(Cl)c2)nn1. The molecule has 1 aromatic carbocycles. The first kappa shape index (κ1) is 13.4. The summed E-state index contributed by atoms with van der Waals surface area (Å²) in [6.45, 7) is 0.884. The molecule has 1 N–H and O–H groups in total. The van der Waals surface area contributed by atoms with Crippen LogP contribution in [0, 0.1) is 0 Å². The van der Waals surface area contributed by atoms with E-state index in [2.05, 4.69) is 10.3 Å². The van der Waals surface area contributed by atoms with Crippen LogP contribution in [0.3, 0.4) is 0 Å². The Kier molecular flexibility index (Phi) is 4.35. The zero-order valence-electron chi connectivity index (χ0n) is 9.99. The van der Waals surface area contributed by atoms with Crippen molar-refractivity contribution in [3.05, 3.63) is 41.2 Å². The minimum Gasteiger partial charge on any atom is -0.492 e. The van der Waals surface area contributed by atoms with Crippen LogP contribution in [0.5, 0.6) is 5.75 Å². The predicted molar refractivity (Wildman–Crippen MR) is 68.3 cm³/mol. The van der Waals surface area contributed by atoms with E-state index in [-0.39, 0.29) is 6.42 Å². The first-order chi connectivity index (χ1) is 9.13. The molecule has 0 radical (unpaired) electrons. The number of rotatable bonds is 6. The number of hydrogen-bond acceptors (Lipinski definition) is 4. The van der Waals surface area contributed by atoms with Gasteiger partial charge in [-0.1, -0.05) is 22.9 Å². The number of ether oxygens (including phenoxy) is 1. The zero-order valence-corrected chi connectivity index (χ0v) is 10.7. The second-order valence-corrected chi connectivity index (χ2v) is 4.29. The lowest BCUT2D eigenvalue weighted by Crippen LogP contribution is -2.08. The summed E-state index contributed by atoms with van der Waals surface area (Å²) in [6, 6.07) is 7.10. The third kappa shape index (κ3) is 4.26. The van der Waals surface area contributed by atoms with Gasteiger partial charge in [0.2, 0.25) is 0 Å². The molecule has 1 heterocycles. The molecule has 100 valence electrons. The maximum atomic E-state index is 10.5. The van der Waals surface area contributed by atoms with E-state index in [1.54, 1.807) is 29.1 Å². The maximum absolute atomic E-state index is 10.5. The molecule has 1 aromatic heterocycles. The molecule has 19 heavy (non-hydrogen) atoms. The molecule has 0 atom stereocenters. The first-order valence-corrected chi connectivity index (χ1v) is 6.00. The number of carboxylic acids is 1. The molecule has 2 aromatic rings. The topological polar surface area (TPSA) is 77.2 Å². The second kappa shape index (κ2) is 6.19. The van der Waals surface area contributed by atoms with E-state index in [0.717, 1.165) is 0 Å². The standard InChI is InChI=1S/C12H12ClN3O3/c13-9-2-1-3-11(6-9)19-5-4-16-8-10(14-15-16)7-12(17)18/h1-3,6,8H,4-5,7H2,(H,17,18).